The van der Waals surface area contributed by atoms with Gasteiger partial charge in [-0.25, -0.2) is 14.8 Å². The number of ether oxygens (including phenoxy) is 1. The fraction of sp³-hybridized carbons (Fsp3) is 0.130. The number of furan rings is 1. The highest BCUT2D eigenvalue weighted by molar-refractivity contribution is 7.16. The molecule has 0 bridgehead atoms. The molecule has 0 saturated carbocycles. The number of esters is 1. The van der Waals surface area contributed by atoms with Crippen LogP contribution in [0.5, 0.6) is 0 Å². The smallest absolute Gasteiger partial charge is 0.338 e. The maximum atomic E-state index is 13.0. The van der Waals surface area contributed by atoms with Gasteiger partial charge in [-0.1, -0.05) is 23.7 Å². The minimum atomic E-state index is -0.579. The predicted molar refractivity (Wildman–Crippen MR) is 121 cm³/mol. The number of benzene rings is 2. The van der Waals surface area contributed by atoms with Crippen LogP contribution in [-0.2, 0) is 9.53 Å². The fourth-order valence-corrected chi connectivity index (χ4v) is 4.36. The third-order valence-electron chi connectivity index (χ3n) is 5.11. The van der Waals surface area contributed by atoms with Crippen molar-refractivity contribution in [1.82, 2.24) is 9.99 Å². The minimum Gasteiger partial charge on any atom is -0.467 e. The molecule has 7 nitrogen and oxygen atoms in total. The SMILES string of the molecule is O=C(OCC(=O)N1N=C(c2ccc(Cl)cc2)CC1c1ccco1)c1ccc2ncsc2c1. The van der Waals surface area contributed by atoms with E-state index < -0.39 is 24.5 Å². The number of rotatable bonds is 5. The van der Waals surface area contributed by atoms with Crippen LogP contribution >= 0.6 is 22.9 Å². The highest BCUT2D eigenvalue weighted by Crippen LogP contribution is 2.33. The Morgan fingerprint density at radius 1 is 1.19 bits per heavy atom. The molecule has 1 aliphatic rings. The number of carbonyl (C=O) groups excluding carboxylic acids is 2. The molecular weight excluding hydrogens is 450 g/mol. The average molecular weight is 466 g/mol. The van der Waals surface area contributed by atoms with Crippen LogP contribution in [0.1, 0.15) is 34.1 Å². The number of thiazole rings is 1. The second-order valence-electron chi connectivity index (χ2n) is 7.14. The number of nitrogens with zero attached hydrogens (tertiary/aromatic N) is 3. The van der Waals surface area contributed by atoms with Crippen molar-refractivity contribution in [3.63, 3.8) is 0 Å². The van der Waals surface area contributed by atoms with Gasteiger partial charge in [0.25, 0.3) is 5.91 Å². The highest BCUT2D eigenvalue weighted by Gasteiger charge is 2.35. The van der Waals surface area contributed by atoms with Crippen LogP contribution in [0.25, 0.3) is 10.2 Å². The van der Waals surface area contributed by atoms with Crippen molar-refractivity contribution in [1.29, 1.82) is 0 Å². The first-order valence-electron chi connectivity index (χ1n) is 9.78. The molecule has 1 unspecified atom stereocenters. The molecule has 0 fully saturated rings. The molecular formula is C23H16ClN3O4S. The van der Waals surface area contributed by atoms with E-state index in [4.69, 9.17) is 20.8 Å². The maximum Gasteiger partial charge on any atom is 0.338 e. The lowest BCUT2D eigenvalue weighted by Crippen LogP contribution is -2.31. The largest absolute Gasteiger partial charge is 0.467 e. The third kappa shape index (κ3) is 4.02. The molecule has 5 rings (SSSR count). The predicted octanol–water partition coefficient (Wildman–Crippen LogP) is 5.08. The molecule has 3 heterocycles. The quantitative estimate of drug-likeness (QED) is 0.384. The van der Waals surface area contributed by atoms with E-state index in [9.17, 15) is 9.59 Å². The summed E-state index contributed by atoms with van der Waals surface area (Å²) in [6.45, 7) is -0.436. The van der Waals surface area contributed by atoms with Crippen molar-refractivity contribution in [2.24, 2.45) is 5.10 Å². The molecule has 160 valence electrons. The first-order valence-corrected chi connectivity index (χ1v) is 11.0. The lowest BCUT2D eigenvalue weighted by Gasteiger charge is -2.19. The Labute approximate surface area is 191 Å². The molecule has 0 N–H and O–H groups in total. The van der Waals surface area contributed by atoms with Crippen LogP contribution in [-0.4, -0.2) is 34.2 Å². The number of hydrogen-bond acceptors (Lipinski definition) is 7. The second kappa shape index (κ2) is 8.57. The van der Waals surface area contributed by atoms with Crippen molar-refractivity contribution in [3.8, 4) is 0 Å². The molecule has 9 heteroatoms. The lowest BCUT2D eigenvalue weighted by atomic mass is 10.0. The van der Waals surface area contributed by atoms with Crippen LogP contribution in [0.15, 0.2) is 75.9 Å². The molecule has 1 aliphatic heterocycles. The molecule has 0 radical (unpaired) electrons. The first-order chi connectivity index (χ1) is 15.6. The Kier molecular flexibility index (Phi) is 5.46. The molecule has 1 amide bonds. The zero-order valence-electron chi connectivity index (χ0n) is 16.6. The number of carbonyl (C=O) groups is 2. The van der Waals surface area contributed by atoms with Crippen molar-refractivity contribution in [2.45, 2.75) is 12.5 Å². The third-order valence-corrected chi connectivity index (χ3v) is 6.15. The van der Waals surface area contributed by atoms with Gasteiger partial charge in [0.05, 0.1) is 33.3 Å². The average Bonchev–Trinajstić information content (AvgIpc) is 3.57. The Bertz CT molecular complexity index is 1310. The van der Waals surface area contributed by atoms with Gasteiger partial charge in [0.15, 0.2) is 6.61 Å². The van der Waals surface area contributed by atoms with E-state index in [2.05, 4.69) is 10.1 Å². The summed E-state index contributed by atoms with van der Waals surface area (Å²) in [5.41, 5.74) is 4.46. The maximum absolute atomic E-state index is 13.0. The Hall–Kier alpha value is -3.49. The molecule has 0 aliphatic carbocycles. The zero-order chi connectivity index (χ0) is 22.1. The number of aromatic nitrogens is 1. The van der Waals surface area contributed by atoms with Gasteiger partial charge < -0.3 is 9.15 Å². The van der Waals surface area contributed by atoms with E-state index in [1.165, 1.54) is 16.3 Å². The fourth-order valence-electron chi connectivity index (χ4n) is 3.52. The van der Waals surface area contributed by atoms with E-state index in [1.54, 1.807) is 54.2 Å². The van der Waals surface area contributed by atoms with Crippen molar-refractivity contribution >= 4 is 50.7 Å². The number of halogens is 1. The number of hydrogen-bond donors (Lipinski definition) is 0. The van der Waals surface area contributed by atoms with Crippen LogP contribution < -0.4 is 0 Å². The summed E-state index contributed by atoms with van der Waals surface area (Å²) < 4.78 is 11.7. The van der Waals surface area contributed by atoms with E-state index in [1.807, 2.05) is 12.1 Å². The molecule has 0 saturated heterocycles. The van der Waals surface area contributed by atoms with Crippen molar-refractivity contribution in [2.75, 3.05) is 6.61 Å². The summed E-state index contributed by atoms with van der Waals surface area (Å²) in [6, 6.07) is 15.5. The Morgan fingerprint density at radius 3 is 2.81 bits per heavy atom. The molecule has 4 aromatic rings. The van der Waals surface area contributed by atoms with Gasteiger partial charge in [-0.05, 0) is 48.0 Å². The number of fused-ring (bicyclic) bond motifs is 1. The van der Waals surface area contributed by atoms with E-state index in [0.29, 0.717) is 22.8 Å². The molecule has 32 heavy (non-hydrogen) atoms. The summed E-state index contributed by atoms with van der Waals surface area (Å²) in [5, 5.41) is 6.45. The van der Waals surface area contributed by atoms with E-state index in [-0.39, 0.29) is 0 Å². The van der Waals surface area contributed by atoms with Gasteiger partial charge in [0, 0.05) is 11.4 Å². The summed E-state index contributed by atoms with van der Waals surface area (Å²) in [7, 11) is 0. The summed E-state index contributed by atoms with van der Waals surface area (Å²) in [6.07, 6.45) is 2.02. The number of amides is 1. The summed E-state index contributed by atoms with van der Waals surface area (Å²) in [4.78, 5) is 29.6. The van der Waals surface area contributed by atoms with Crippen molar-refractivity contribution < 1.29 is 18.7 Å². The normalized spacial score (nSPS) is 15.7. The van der Waals surface area contributed by atoms with Gasteiger partial charge in [-0.15, -0.1) is 11.3 Å². The Morgan fingerprint density at radius 2 is 2.03 bits per heavy atom. The first kappa shape index (κ1) is 20.4. The molecule has 1 atom stereocenters. The van der Waals surface area contributed by atoms with Crippen LogP contribution in [0, 0.1) is 0 Å². The van der Waals surface area contributed by atoms with Gasteiger partial charge >= 0.3 is 5.97 Å². The van der Waals surface area contributed by atoms with Crippen LogP contribution in [0.3, 0.4) is 0 Å². The second-order valence-corrected chi connectivity index (χ2v) is 8.46. The van der Waals surface area contributed by atoms with Gasteiger partial charge in [0.1, 0.15) is 11.8 Å². The molecule has 2 aromatic heterocycles. The van der Waals surface area contributed by atoms with Gasteiger partial charge in [-0.3, -0.25) is 4.79 Å². The van der Waals surface area contributed by atoms with Crippen LogP contribution in [0.4, 0.5) is 0 Å². The zero-order valence-corrected chi connectivity index (χ0v) is 18.2. The van der Waals surface area contributed by atoms with E-state index in [0.717, 1.165) is 21.5 Å². The standard InChI is InChI=1S/C23H16ClN3O4S/c24-16-6-3-14(4-7-16)18-11-19(20-2-1-9-30-20)27(26-18)22(28)12-31-23(29)15-5-8-17-21(10-15)32-13-25-17/h1-10,13,19H,11-12H2. The number of hydrazone groups is 1. The topological polar surface area (TPSA) is 85.0 Å². The van der Waals surface area contributed by atoms with E-state index >= 15 is 0 Å². The monoisotopic (exact) mass is 465 g/mol. The Balaban J connectivity index is 1.33. The van der Waals surface area contributed by atoms with Crippen molar-refractivity contribution in [3.05, 3.63) is 88.3 Å². The molecule has 2 aromatic carbocycles. The minimum absolute atomic E-state index is 0.365. The summed E-state index contributed by atoms with van der Waals surface area (Å²) >= 11 is 7.41. The highest BCUT2D eigenvalue weighted by atomic mass is 35.5. The van der Waals surface area contributed by atoms with Gasteiger partial charge in [0.2, 0.25) is 0 Å². The van der Waals surface area contributed by atoms with Gasteiger partial charge in [-0.2, -0.15) is 5.10 Å². The lowest BCUT2D eigenvalue weighted by molar-refractivity contribution is -0.136. The summed E-state index contributed by atoms with van der Waals surface area (Å²) in [5.74, 6) is -0.417. The molecule has 0 spiro atoms. The van der Waals surface area contributed by atoms with Crippen LogP contribution in [0.2, 0.25) is 5.02 Å².